The molecule has 35 heavy (non-hydrogen) atoms. The smallest absolute Gasteiger partial charge is 0.211 e. The van der Waals surface area contributed by atoms with Crippen molar-refractivity contribution in [1.82, 2.24) is 33.7 Å². The fraction of sp³-hybridized carbons (Fsp3) is 0.444. The topological polar surface area (TPSA) is 57.7 Å². The molecule has 1 unspecified atom stereocenters. The Morgan fingerprint density at radius 3 is 2.74 bits per heavy atom. The molecule has 1 aliphatic heterocycles. The minimum absolute atomic E-state index is 0.347. The van der Waals surface area contributed by atoms with Crippen molar-refractivity contribution in [2.24, 2.45) is 7.05 Å². The fourth-order valence-corrected chi connectivity index (χ4v) is 5.64. The maximum atomic E-state index is 4.95. The Morgan fingerprint density at radius 2 is 1.91 bits per heavy atom. The van der Waals surface area contributed by atoms with Crippen molar-refractivity contribution in [3.63, 3.8) is 0 Å². The first-order chi connectivity index (χ1) is 17.2. The molecule has 5 heterocycles. The van der Waals surface area contributed by atoms with Gasteiger partial charge in [-0.15, -0.1) is 0 Å². The molecule has 4 aromatic heterocycles. The van der Waals surface area contributed by atoms with Gasteiger partial charge in [-0.2, -0.15) is 0 Å². The number of pyridine rings is 1. The summed E-state index contributed by atoms with van der Waals surface area (Å²) in [6, 6.07) is 11.0. The van der Waals surface area contributed by atoms with E-state index in [2.05, 4.69) is 74.4 Å². The largest absolute Gasteiger partial charge is 0.353 e. The molecular weight excluding hydrogens is 436 g/mol. The summed E-state index contributed by atoms with van der Waals surface area (Å²) in [6.07, 6.45) is 11.6. The van der Waals surface area contributed by atoms with Crippen LogP contribution in [0.3, 0.4) is 0 Å². The van der Waals surface area contributed by atoms with Crippen LogP contribution < -0.4 is 4.90 Å². The van der Waals surface area contributed by atoms with Crippen LogP contribution in [-0.2, 0) is 26.6 Å². The van der Waals surface area contributed by atoms with Gasteiger partial charge >= 0.3 is 0 Å². The Morgan fingerprint density at radius 1 is 1.03 bits per heavy atom. The Labute approximate surface area is 206 Å². The van der Waals surface area contributed by atoms with Crippen LogP contribution in [0.2, 0.25) is 0 Å². The summed E-state index contributed by atoms with van der Waals surface area (Å²) in [4.78, 5) is 21.8. The van der Waals surface area contributed by atoms with E-state index < -0.39 is 0 Å². The molecule has 8 nitrogen and oxygen atoms in total. The molecule has 0 amide bonds. The van der Waals surface area contributed by atoms with Crippen LogP contribution in [0.4, 0.5) is 5.95 Å². The van der Waals surface area contributed by atoms with Gasteiger partial charge in [0, 0.05) is 76.8 Å². The maximum absolute atomic E-state index is 4.95. The van der Waals surface area contributed by atoms with Crippen LogP contribution in [0.5, 0.6) is 0 Å². The van der Waals surface area contributed by atoms with Crippen molar-refractivity contribution in [1.29, 1.82) is 0 Å². The van der Waals surface area contributed by atoms with E-state index in [1.54, 1.807) is 0 Å². The van der Waals surface area contributed by atoms with Gasteiger partial charge in [0.15, 0.2) is 0 Å². The van der Waals surface area contributed by atoms with Crippen LogP contribution in [0, 0.1) is 0 Å². The lowest BCUT2D eigenvalue weighted by Crippen LogP contribution is -2.47. The van der Waals surface area contributed by atoms with Gasteiger partial charge in [-0.05, 0) is 56.1 Å². The highest BCUT2D eigenvalue weighted by atomic mass is 15.3. The average Bonchev–Trinajstić information content (AvgIpc) is 3.49. The molecular formula is C27H34N8. The third kappa shape index (κ3) is 4.44. The fourth-order valence-electron chi connectivity index (χ4n) is 5.64. The number of nitrogens with zero attached hydrogens (tertiary/aromatic N) is 8. The molecule has 4 aromatic rings. The summed E-state index contributed by atoms with van der Waals surface area (Å²) in [7, 11) is 4.32. The molecule has 1 atom stereocenters. The lowest BCUT2D eigenvalue weighted by atomic mass is 9.91. The van der Waals surface area contributed by atoms with Gasteiger partial charge in [0.2, 0.25) is 5.95 Å². The number of anilines is 1. The molecule has 1 saturated heterocycles. The van der Waals surface area contributed by atoms with E-state index >= 15 is 0 Å². The van der Waals surface area contributed by atoms with E-state index in [-0.39, 0.29) is 0 Å². The third-order valence-corrected chi connectivity index (χ3v) is 7.61. The van der Waals surface area contributed by atoms with Crippen molar-refractivity contribution < 1.29 is 0 Å². The van der Waals surface area contributed by atoms with E-state index in [0.29, 0.717) is 6.04 Å². The van der Waals surface area contributed by atoms with Crippen LogP contribution in [-0.4, -0.2) is 66.9 Å². The molecule has 0 bridgehead atoms. The summed E-state index contributed by atoms with van der Waals surface area (Å²) in [6.45, 7) is 5.79. The summed E-state index contributed by atoms with van der Waals surface area (Å²) in [5.41, 5.74) is 6.03. The number of hydrogen-bond donors (Lipinski definition) is 0. The SMILES string of the molecule is CN(Cc1cn2c(N3CCN(Cc4cccn4C)CC3)nccc2n1)C1CCCc2cccnc21. The minimum atomic E-state index is 0.347. The highest BCUT2D eigenvalue weighted by Crippen LogP contribution is 2.32. The zero-order valence-electron chi connectivity index (χ0n) is 20.7. The molecule has 0 aromatic carbocycles. The van der Waals surface area contributed by atoms with Gasteiger partial charge in [-0.1, -0.05) is 6.07 Å². The molecule has 0 saturated carbocycles. The molecule has 2 aliphatic rings. The van der Waals surface area contributed by atoms with E-state index in [4.69, 9.17) is 15.0 Å². The average molecular weight is 471 g/mol. The first-order valence-corrected chi connectivity index (χ1v) is 12.7. The number of piperazine rings is 1. The predicted octanol–water partition coefficient (Wildman–Crippen LogP) is 3.29. The lowest BCUT2D eigenvalue weighted by Gasteiger charge is -2.35. The van der Waals surface area contributed by atoms with Crippen LogP contribution in [0.1, 0.15) is 41.5 Å². The van der Waals surface area contributed by atoms with Crippen molar-refractivity contribution in [3.8, 4) is 0 Å². The van der Waals surface area contributed by atoms with Gasteiger partial charge in [-0.3, -0.25) is 19.2 Å². The van der Waals surface area contributed by atoms with Crippen molar-refractivity contribution in [3.05, 3.63) is 77.8 Å². The monoisotopic (exact) mass is 470 g/mol. The van der Waals surface area contributed by atoms with E-state index in [0.717, 1.165) is 69.4 Å². The van der Waals surface area contributed by atoms with Crippen molar-refractivity contribution >= 4 is 11.6 Å². The molecule has 6 rings (SSSR count). The summed E-state index contributed by atoms with van der Waals surface area (Å²) >= 11 is 0. The maximum Gasteiger partial charge on any atom is 0.211 e. The number of imidazole rings is 1. The van der Waals surface area contributed by atoms with Crippen molar-refractivity contribution in [2.75, 3.05) is 38.1 Å². The predicted molar refractivity (Wildman–Crippen MR) is 137 cm³/mol. The quantitative estimate of drug-likeness (QED) is 0.431. The summed E-state index contributed by atoms with van der Waals surface area (Å²) < 4.78 is 4.38. The van der Waals surface area contributed by atoms with Crippen LogP contribution >= 0.6 is 0 Å². The molecule has 0 spiro atoms. The van der Waals surface area contributed by atoms with Gasteiger partial charge < -0.3 is 9.47 Å². The molecule has 182 valence electrons. The Balaban J connectivity index is 1.16. The van der Waals surface area contributed by atoms with Crippen LogP contribution in [0.15, 0.2) is 55.1 Å². The van der Waals surface area contributed by atoms with Gasteiger partial charge in [0.25, 0.3) is 0 Å². The number of aromatic nitrogens is 5. The molecule has 1 fully saturated rings. The van der Waals surface area contributed by atoms with E-state index in [1.807, 2.05) is 18.5 Å². The number of fused-ring (bicyclic) bond motifs is 2. The summed E-state index contributed by atoms with van der Waals surface area (Å²) in [5.74, 6) is 0.993. The molecule has 0 radical (unpaired) electrons. The first-order valence-electron chi connectivity index (χ1n) is 12.7. The zero-order valence-corrected chi connectivity index (χ0v) is 20.7. The van der Waals surface area contributed by atoms with Gasteiger partial charge in [-0.25, -0.2) is 9.97 Å². The van der Waals surface area contributed by atoms with Crippen molar-refractivity contribution in [2.45, 2.75) is 38.4 Å². The highest BCUT2D eigenvalue weighted by Gasteiger charge is 2.26. The first kappa shape index (κ1) is 22.2. The van der Waals surface area contributed by atoms with Crippen LogP contribution in [0.25, 0.3) is 5.65 Å². The minimum Gasteiger partial charge on any atom is -0.353 e. The van der Waals surface area contributed by atoms with Gasteiger partial charge in [0.05, 0.1) is 17.4 Å². The van der Waals surface area contributed by atoms with Gasteiger partial charge in [0.1, 0.15) is 5.65 Å². The Hall–Kier alpha value is -3.23. The third-order valence-electron chi connectivity index (χ3n) is 7.61. The lowest BCUT2D eigenvalue weighted by molar-refractivity contribution is 0.206. The van der Waals surface area contributed by atoms with E-state index in [9.17, 15) is 0 Å². The second kappa shape index (κ2) is 9.43. The second-order valence-corrected chi connectivity index (χ2v) is 9.95. The highest BCUT2D eigenvalue weighted by molar-refractivity contribution is 5.48. The number of aryl methyl sites for hydroxylation is 2. The molecule has 1 aliphatic carbocycles. The van der Waals surface area contributed by atoms with E-state index in [1.165, 1.54) is 23.4 Å². The summed E-state index contributed by atoms with van der Waals surface area (Å²) in [5, 5.41) is 0. The second-order valence-electron chi connectivity index (χ2n) is 9.95. The number of rotatable bonds is 6. The molecule has 0 N–H and O–H groups in total. The Bertz CT molecular complexity index is 1300. The normalized spacial score (nSPS) is 18.9. The molecule has 8 heteroatoms. The standard InChI is InChI=1S/C27H34N8/c1-31-13-5-8-23(31)20-33-14-16-34(17-15-33)27-29-12-10-25-30-22(19-35(25)27)18-32(2)24-9-3-6-21-7-4-11-28-26(21)24/h4-5,7-8,10-13,19,24H,3,6,9,14-18,20H2,1-2H3. The Kier molecular flexibility index (Phi) is 6.00. The zero-order chi connectivity index (χ0) is 23.8. The number of hydrogen-bond acceptors (Lipinski definition) is 6.